The van der Waals surface area contributed by atoms with Crippen LogP contribution in [0.15, 0.2) is 42.0 Å². The number of benzene rings is 1. The highest BCUT2D eigenvalue weighted by Crippen LogP contribution is 2.46. The van der Waals surface area contributed by atoms with E-state index >= 15 is 0 Å². The van der Waals surface area contributed by atoms with Gasteiger partial charge in [-0.25, -0.2) is 0 Å². The maximum Gasteiger partial charge on any atom is 0.311 e. The summed E-state index contributed by atoms with van der Waals surface area (Å²) in [6, 6.07) is 8.80. The fourth-order valence-corrected chi connectivity index (χ4v) is 9.34. The Hall–Kier alpha value is -3.20. The van der Waals surface area contributed by atoms with Crippen molar-refractivity contribution in [3.05, 3.63) is 42.0 Å². The van der Waals surface area contributed by atoms with Crippen molar-refractivity contribution in [1.29, 1.82) is 0 Å². The lowest BCUT2D eigenvalue weighted by Crippen LogP contribution is -2.60. The molecule has 13 heteroatoms. The SMILES string of the molecule is CC[C@H]1OC(=O)[C@H](C)[C@H]2OCC(=CC(=O)Nc3ccccc3)CO[C@](C)(C[C@@H](C)C(=O)[C@H](C)[C@@H]3CC(=O)O[C@]13C)[C@H](O[C@@H]1O[C@H](C)C[C@H](N(C)C)[C@H]1O)[C@H]2C. The van der Waals surface area contributed by atoms with Gasteiger partial charge in [0.15, 0.2) is 6.29 Å². The Morgan fingerprint density at radius 1 is 1.04 bits per heavy atom. The number of hydrogen-bond acceptors (Lipinski definition) is 12. The third-order valence-corrected chi connectivity index (χ3v) is 12.4. The van der Waals surface area contributed by atoms with Crippen molar-refractivity contribution >= 4 is 29.3 Å². The molecule has 4 heterocycles. The smallest absolute Gasteiger partial charge is 0.311 e. The quantitative estimate of drug-likeness (QED) is 0.304. The molecular weight excluding hydrogens is 708 g/mol. The van der Waals surface area contributed by atoms with Crippen LogP contribution in [0.5, 0.6) is 0 Å². The number of Topliss-reactive ketones (excluding diaryl/α,β-unsaturated/α-hetero) is 1. The molecule has 4 saturated heterocycles. The third-order valence-electron chi connectivity index (χ3n) is 12.4. The summed E-state index contributed by atoms with van der Waals surface area (Å²) in [5.41, 5.74) is -1.35. The lowest BCUT2D eigenvalue weighted by Gasteiger charge is -2.48. The van der Waals surface area contributed by atoms with Gasteiger partial charge in [-0.05, 0) is 78.8 Å². The number of likely N-dealkylation sites (N-methyl/N-ethyl adjacent to an activating group) is 1. The van der Waals surface area contributed by atoms with Gasteiger partial charge in [0.2, 0.25) is 5.91 Å². The van der Waals surface area contributed by atoms with Crippen molar-refractivity contribution in [2.24, 2.45) is 29.6 Å². The molecule has 0 saturated carbocycles. The van der Waals surface area contributed by atoms with E-state index in [9.17, 15) is 24.3 Å². The fourth-order valence-electron chi connectivity index (χ4n) is 9.34. The van der Waals surface area contributed by atoms with Crippen molar-refractivity contribution in [3.8, 4) is 0 Å². The Kier molecular flexibility index (Phi) is 13.7. The summed E-state index contributed by atoms with van der Waals surface area (Å²) in [5, 5.41) is 14.5. The average molecular weight is 771 g/mol. The molecule has 13 nitrogen and oxygen atoms in total. The van der Waals surface area contributed by atoms with Crippen LogP contribution < -0.4 is 5.32 Å². The van der Waals surface area contributed by atoms with Gasteiger partial charge in [0.05, 0.1) is 49.5 Å². The van der Waals surface area contributed by atoms with E-state index in [2.05, 4.69) is 5.32 Å². The van der Waals surface area contributed by atoms with Gasteiger partial charge in [0.1, 0.15) is 23.6 Å². The van der Waals surface area contributed by atoms with Crippen molar-refractivity contribution in [2.75, 3.05) is 32.6 Å². The molecule has 306 valence electrons. The van der Waals surface area contributed by atoms with Gasteiger partial charge in [-0.1, -0.05) is 45.9 Å². The van der Waals surface area contributed by atoms with Gasteiger partial charge >= 0.3 is 11.9 Å². The molecule has 1 aromatic carbocycles. The highest BCUT2D eigenvalue weighted by molar-refractivity contribution is 5.99. The minimum absolute atomic E-state index is 0.0172. The van der Waals surface area contributed by atoms with Crippen molar-refractivity contribution in [2.45, 2.75) is 135 Å². The first-order valence-corrected chi connectivity index (χ1v) is 19.8. The van der Waals surface area contributed by atoms with Crippen LogP contribution in [-0.2, 0) is 47.6 Å². The molecule has 1 amide bonds. The zero-order valence-corrected chi connectivity index (χ0v) is 34.1. The highest BCUT2D eigenvalue weighted by atomic mass is 16.7. The molecule has 5 rings (SSSR count). The number of hydrogen-bond donors (Lipinski definition) is 2. The van der Waals surface area contributed by atoms with Gasteiger partial charge in [-0.3, -0.25) is 19.2 Å². The Labute approximate surface area is 325 Å². The Balaban J connectivity index is 1.62. The van der Waals surface area contributed by atoms with Crippen LogP contribution in [0, 0.1) is 29.6 Å². The Bertz CT molecular complexity index is 1570. The predicted molar refractivity (Wildman–Crippen MR) is 204 cm³/mol. The lowest BCUT2D eigenvalue weighted by molar-refractivity contribution is -0.302. The fraction of sp³-hybridized carbons (Fsp3) is 0.714. The number of fused-ring (bicyclic) bond motifs is 4. The number of anilines is 1. The van der Waals surface area contributed by atoms with Crippen LogP contribution in [0.4, 0.5) is 5.69 Å². The summed E-state index contributed by atoms with van der Waals surface area (Å²) in [6.07, 6.45) is -2.36. The normalized spacial score (nSPS) is 41.4. The van der Waals surface area contributed by atoms with Crippen LogP contribution >= 0.6 is 0 Å². The van der Waals surface area contributed by atoms with Gasteiger partial charge in [-0.2, -0.15) is 0 Å². The minimum atomic E-state index is -1.25. The number of ether oxygens (including phenoxy) is 6. The number of para-hydroxylation sites is 1. The number of ketones is 1. The van der Waals surface area contributed by atoms with Crippen LogP contribution in [0.2, 0.25) is 0 Å². The number of nitrogens with zero attached hydrogens (tertiary/aromatic N) is 1. The molecule has 4 aliphatic heterocycles. The van der Waals surface area contributed by atoms with Crippen LogP contribution in [0.3, 0.4) is 0 Å². The van der Waals surface area contributed by atoms with Crippen molar-refractivity contribution < 1.29 is 52.7 Å². The molecule has 1 aromatic rings. The highest BCUT2D eigenvalue weighted by Gasteiger charge is 2.57. The molecule has 2 N–H and O–H groups in total. The zero-order chi connectivity index (χ0) is 40.4. The molecule has 0 aromatic heterocycles. The number of nitrogens with one attached hydrogen (secondary N) is 1. The number of aliphatic hydroxyl groups is 1. The summed E-state index contributed by atoms with van der Waals surface area (Å²) in [5.74, 6) is -4.74. The molecule has 4 aliphatic rings. The van der Waals surface area contributed by atoms with Gasteiger partial charge < -0.3 is 43.7 Å². The predicted octanol–water partition coefficient (Wildman–Crippen LogP) is 4.70. The molecule has 0 spiro atoms. The second-order valence-electron chi connectivity index (χ2n) is 16.9. The van der Waals surface area contributed by atoms with E-state index in [1.165, 1.54) is 6.08 Å². The number of amides is 1. The van der Waals surface area contributed by atoms with E-state index in [1.807, 2.05) is 71.8 Å². The summed E-state index contributed by atoms with van der Waals surface area (Å²) < 4.78 is 38.8. The van der Waals surface area contributed by atoms with Crippen molar-refractivity contribution in [3.63, 3.8) is 0 Å². The van der Waals surface area contributed by atoms with E-state index in [-0.39, 0.29) is 49.9 Å². The van der Waals surface area contributed by atoms with E-state index in [0.717, 1.165) is 0 Å². The maximum atomic E-state index is 14.5. The molecule has 0 unspecified atom stereocenters. The molecule has 4 fully saturated rings. The summed E-state index contributed by atoms with van der Waals surface area (Å²) >= 11 is 0. The van der Waals surface area contributed by atoms with Crippen molar-refractivity contribution in [1.82, 2.24) is 4.90 Å². The van der Waals surface area contributed by atoms with E-state index in [1.54, 1.807) is 32.9 Å². The first kappa shape index (κ1) is 42.9. The number of aliphatic hydroxyl groups excluding tert-OH is 1. The monoisotopic (exact) mass is 770 g/mol. The zero-order valence-electron chi connectivity index (χ0n) is 34.1. The Morgan fingerprint density at radius 2 is 1.73 bits per heavy atom. The molecule has 14 atom stereocenters. The van der Waals surface area contributed by atoms with Gasteiger partial charge in [-0.15, -0.1) is 0 Å². The number of carbonyl (C=O) groups excluding carboxylic acids is 4. The molecular formula is C42H62N2O11. The van der Waals surface area contributed by atoms with Gasteiger partial charge in [0.25, 0.3) is 0 Å². The second-order valence-corrected chi connectivity index (χ2v) is 16.9. The van der Waals surface area contributed by atoms with Gasteiger partial charge in [0, 0.05) is 41.5 Å². The minimum Gasteiger partial charge on any atom is -0.458 e. The molecule has 55 heavy (non-hydrogen) atoms. The topological polar surface area (TPSA) is 159 Å². The molecule has 2 bridgehead atoms. The van der Waals surface area contributed by atoms with Crippen LogP contribution in [-0.4, -0.2) is 115 Å². The largest absolute Gasteiger partial charge is 0.458 e. The van der Waals surface area contributed by atoms with E-state index in [0.29, 0.717) is 24.1 Å². The number of rotatable bonds is 6. The number of carbonyl (C=O) groups is 4. The molecule has 0 radical (unpaired) electrons. The van der Waals surface area contributed by atoms with Crippen LogP contribution in [0.1, 0.15) is 81.1 Å². The standard InChI is InChI=1S/C42H62N2O11/c1-11-32-42(8)30(19-34(46)55-42)25(4)35(47)23(2)20-41(7)38(54-40-36(48)31(44(9)10)17-24(3)52-40)26(5)37(27(6)39(49)53-32)50-21-28(22-51-41)18-33(45)43-29-15-13-12-14-16-29/h12-16,18,23-27,30-32,36-38,40,48H,11,17,19-22H2,1-10H3,(H,43,45)/t23-,24-,25-,26+,27-,30+,31+,32-,36-,37+,38-,40+,41-,42+/m1/s1. The summed E-state index contributed by atoms with van der Waals surface area (Å²) in [6.45, 7) is 14.6. The van der Waals surface area contributed by atoms with E-state index in [4.69, 9.17) is 28.4 Å². The number of esters is 2. The summed E-state index contributed by atoms with van der Waals surface area (Å²) in [7, 11) is 3.79. The van der Waals surface area contributed by atoms with Crippen LogP contribution in [0.25, 0.3) is 0 Å². The lowest BCUT2D eigenvalue weighted by atomic mass is 9.70. The van der Waals surface area contributed by atoms with E-state index < -0.39 is 83.4 Å². The average Bonchev–Trinajstić information content (AvgIpc) is 3.46. The maximum absolute atomic E-state index is 14.5. The molecule has 0 aliphatic carbocycles. The Morgan fingerprint density at radius 3 is 2.38 bits per heavy atom. The first-order valence-electron chi connectivity index (χ1n) is 19.8. The summed E-state index contributed by atoms with van der Waals surface area (Å²) in [4.78, 5) is 57.0. The third kappa shape index (κ3) is 9.34. The first-order chi connectivity index (χ1) is 25.9. The second kappa shape index (κ2) is 17.5. The number of cyclic esters (lactones) is 1.